The lowest BCUT2D eigenvalue weighted by Gasteiger charge is -2.17. The molecular weight excluding hydrogens is 186 g/mol. The van der Waals surface area contributed by atoms with Crippen LogP contribution in [0.2, 0.25) is 0 Å². The van der Waals surface area contributed by atoms with Gasteiger partial charge in [-0.2, -0.15) is 0 Å². The molecule has 0 amide bonds. The number of hydrogen-bond acceptors (Lipinski definition) is 3. The normalized spacial score (nSPS) is 12.4. The van der Waals surface area contributed by atoms with E-state index in [-0.39, 0.29) is 6.04 Å². The molecular formula is C12H19N3. The number of nitrogens with one attached hydrogen (secondary N) is 1. The molecule has 1 aromatic heterocycles. The Labute approximate surface area is 91.4 Å². The summed E-state index contributed by atoms with van der Waals surface area (Å²) in [6.07, 6.45) is 8.74. The Morgan fingerprint density at radius 3 is 3.07 bits per heavy atom. The lowest BCUT2D eigenvalue weighted by atomic mass is 9.99. The van der Waals surface area contributed by atoms with Crippen LogP contribution in [0, 0.1) is 6.92 Å². The van der Waals surface area contributed by atoms with Crippen molar-refractivity contribution in [2.75, 3.05) is 0 Å². The number of nitrogens with two attached hydrogens (primary N) is 1. The van der Waals surface area contributed by atoms with Crippen LogP contribution < -0.4 is 11.3 Å². The van der Waals surface area contributed by atoms with E-state index in [1.807, 2.05) is 18.3 Å². The van der Waals surface area contributed by atoms with E-state index in [1.54, 1.807) is 6.20 Å². The van der Waals surface area contributed by atoms with Crippen LogP contribution in [0.5, 0.6) is 0 Å². The Kier molecular flexibility index (Phi) is 5.01. The van der Waals surface area contributed by atoms with E-state index in [4.69, 9.17) is 5.84 Å². The van der Waals surface area contributed by atoms with Crippen molar-refractivity contribution in [1.29, 1.82) is 0 Å². The zero-order valence-corrected chi connectivity index (χ0v) is 9.24. The second-order valence-electron chi connectivity index (χ2n) is 3.67. The second kappa shape index (κ2) is 6.32. The maximum absolute atomic E-state index is 5.55. The fourth-order valence-corrected chi connectivity index (χ4v) is 1.64. The fourth-order valence-electron chi connectivity index (χ4n) is 1.64. The maximum atomic E-state index is 5.55. The van der Waals surface area contributed by atoms with Crippen molar-refractivity contribution in [3.63, 3.8) is 0 Å². The summed E-state index contributed by atoms with van der Waals surface area (Å²) in [5.41, 5.74) is 5.26. The Bertz CT molecular complexity index is 309. The molecule has 0 aliphatic carbocycles. The van der Waals surface area contributed by atoms with Crippen molar-refractivity contribution in [1.82, 2.24) is 10.4 Å². The van der Waals surface area contributed by atoms with Crippen LogP contribution in [0.25, 0.3) is 0 Å². The van der Waals surface area contributed by atoms with Crippen molar-refractivity contribution < 1.29 is 0 Å². The fraction of sp³-hybridized carbons (Fsp3) is 0.417. The van der Waals surface area contributed by atoms with E-state index in [9.17, 15) is 0 Å². The van der Waals surface area contributed by atoms with Gasteiger partial charge in [0.2, 0.25) is 0 Å². The van der Waals surface area contributed by atoms with E-state index >= 15 is 0 Å². The highest BCUT2D eigenvalue weighted by atomic mass is 15.2. The lowest BCUT2D eigenvalue weighted by molar-refractivity contribution is 0.497. The van der Waals surface area contributed by atoms with Gasteiger partial charge < -0.3 is 0 Å². The molecule has 0 saturated heterocycles. The summed E-state index contributed by atoms with van der Waals surface area (Å²) in [6.45, 7) is 5.79. The number of hydrogen-bond donors (Lipinski definition) is 2. The molecule has 0 spiro atoms. The summed E-state index contributed by atoms with van der Waals surface area (Å²) >= 11 is 0. The molecule has 3 nitrogen and oxygen atoms in total. The molecule has 0 aliphatic rings. The van der Waals surface area contributed by atoms with Crippen molar-refractivity contribution in [2.45, 2.75) is 32.2 Å². The number of allylic oxidation sites excluding steroid dienone is 1. The number of hydrazine groups is 1. The van der Waals surface area contributed by atoms with Gasteiger partial charge in [0.1, 0.15) is 0 Å². The molecule has 1 heterocycles. The third kappa shape index (κ3) is 3.46. The standard InChI is InChI=1S/C12H19N3/c1-3-4-5-6-12(15-13)11-9-14-8-7-10(11)2/h3,7-9,12,15H,1,4-6,13H2,2H3. The van der Waals surface area contributed by atoms with Gasteiger partial charge in [0.05, 0.1) is 0 Å². The van der Waals surface area contributed by atoms with Crippen LogP contribution in [0.1, 0.15) is 36.4 Å². The van der Waals surface area contributed by atoms with Crippen molar-refractivity contribution in [3.8, 4) is 0 Å². The monoisotopic (exact) mass is 205 g/mol. The molecule has 82 valence electrons. The van der Waals surface area contributed by atoms with Gasteiger partial charge in [0, 0.05) is 18.4 Å². The van der Waals surface area contributed by atoms with Crippen LogP contribution in [0.15, 0.2) is 31.1 Å². The summed E-state index contributed by atoms with van der Waals surface area (Å²) in [5, 5.41) is 0. The van der Waals surface area contributed by atoms with Crippen LogP contribution in [0.4, 0.5) is 0 Å². The molecule has 15 heavy (non-hydrogen) atoms. The van der Waals surface area contributed by atoms with E-state index in [0.717, 1.165) is 19.3 Å². The molecule has 3 N–H and O–H groups in total. The van der Waals surface area contributed by atoms with Crippen LogP contribution in [0.3, 0.4) is 0 Å². The van der Waals surface area contributed by atoms with Gasteiger partial charge >= 0.3 is 0 Å². The van der Waals surface area contributed by atoms with Crippen LogP contribution in [-0.2, 0) is 0 Å². The molecule has 0 saturated carbocycles. The first-order chi connectivity index (χ1) is 7.29. The third-order valence-electron chi connectivity index (χ3n) is 2.56. The first kappa shape index (κ1) is 11.9. The molecule has 0 aliphatic heterocycles. The van der Waals surface area contributed by atoms with E-state index in [1.165, 1.54) is 11.1 Å². The molecule has 1 atom stereocenters. The first-order valence-electron chi connectivity index (χ1n) is 5.27. The highest BCUT2D eigenvalue weighted by Gasteiger charge is 2.11. The van der Waals surface area contributed by atoms with E-state index in [2.05, 4.69) is 23.9 Å². The average Bonchev–Trinajstić information content (AvgIpc) is 2.26. The summed E-state index contributed by atoms with van der Waals surface area (Å²) < 4.78 is 0. The predicted molar refractivity (Wildman–Crippen MR) is 63.1 cm³/mol. The average molecular weight is 205 g/mol. The van der Waals surface area contributed by atoms with Crippen LogP contribution in [-0.4, -0.2) is 4.98 Å². The molecule has 1 aromatic rings. The largest absolute Gasteiger partial charge is 0.271 e. The van der Waals surface area contributed by atoms with E-state index in [0.29, 0.717) is 0 Å². The molecule has 3 heteroatoms. The molecule has 0 fully saturated rings. The van der Waals surface area contributed by atoms with Crippen molar-refractivity contribution >= 4 is 0 Å². The van der Waals surface area contributed by atoms with Crippen molar-refractivity contribution in [3.05, 3.63) is 42.2 Å². The second-order valence-corrected chi connectivity index (χ2v) is 3.67. The van der Waals surface area contributed by atoms with Gasteiger partial charge in [-0.1, -0.05) is 6.08 Å². The third-order valence-corrected chi connectivity index (χ3v) is 2.56. The van der Waals surface area contributed by atoms with Gasteiger partial charge in [-0.05, 0) is 43.4 Å². The lowest BCUT2D eigenvalue weighted by Crippen LogP contribution is -2.28. The summed E-state index contributed by atoms with van der Waals surface area (Å²) in [5.74, 6) is 5.55. The minimum Gasteiger partial charge on any atom is -0.271 e. The van der Waals surface area contributed by atoms with Gasteiger partial charge in [-0.15, -0.1) is 6.58 Å². The summed E-state index contributed by atoms with van der Waals surface area (Å²) in [6, 6.07) is 2.20. The number of unbranched alkanes of at least 4 members (excludes halogenated alkanes) is 1. The Morgan fingerprint density at radius 1 is 1.67 bits per heavy atom. The Morgan fingerprint density at radius 2 is 2.47 bits per heavy atom. The molecule has 0 bridgehead atoms. The predicted octanol–water partition coefficient (Wildman–Crippen LogP) is 2.25. The topological polar surface area (TPSA) is 50.9 Å². The highest BCUT2D eigenvalue weighted by Crippen LogP contribution is 2.20. The van der Waals surface area contributed by atoms with Crippen molar-refractivity contribution in [2.24, 2.45) is 5.84 Å². The minimum absolute atomic E-state index is 0.193. The minimum atomic E-state index is 0.193. The highest BCUT2D eigenvalue weighted by molar-refractivity contribution is 5.24. The molecule has 1 rings (SSSR count). The zero-order chi connectivity index (χ0) is 11.1. The molecule has 0 aromatic carbocycles. The first-order valence-corrected chi connectivity index (χ1v) is 5.27. The Hall–Kier alpha value is -1.19. The molecule has 1 unspecified atom stereocenters. The number of rotatable bonds is 6. The van der Waals surface area contributed by atoms with Crippen LogP contribution >= 0.6 is 0 Å². The zero-order valence-electron chi connectivity index (χ0n) is 9.24. The maximum Gasteiger partial charge on any atom is 0.0478 e. The van der Waals surface area contributed by atoms with E-state index < -0.39 is 0 Å². The number of pyridine rings is 1. The molecule has 0 radical (unpaired) electrons. The van der Waals surface area contributed by atoms with Gasteiger partial charge in [-0.3, -0.25) is 16.3 Å². The van der Waals surface area contributed by atoms with Gasteiger partial charge in [0.25, 0.3) is 0 Å². The quantitative estimate of drug-likeness (QED) is 0.324. The number of aromatic nitrogens is 1. The van der Waals surface area contributed by atoms with Gasteiger partial charge in [-0.25, -0.2) is 0 Å². The smallest absolute Gasteiger partial charge is 0.0478 e. The number of nitrogens with zero attached hydrogens (tertiary/aromatic N) is 1. The van der Waals surface area contributed by atoms with Gasteiger partial charge in [0.15, 0.2) is 0 Å². The SMILES string of the molecule is C=CCCCC(NN)c1cnccc1C. The Balaban J connectivity index is 2.65. The summed E-state index contributed by atoms with van der Waals surface area (Å²) in [7, 11) is 0. The number of aryl methyl sites for hydroxylation is 1. The summed E-state index contributed by atoms with van der Waals surface area (Å²) in [4.78, 5) is 4.13.